The van der Waals surface area contributed by atoms with Crippen molar-refractivity contribution in [1.29, 1.82) is 0 Å². The number of thioether (sulfide) groups is 1. The molecule has 0 aromatic rings. The fourth-order valence-electron chi connectivity index (χ4n) is 0.981. The van der Waals surface area contributed by atoms with Crippen molar-refractivity contribution < 1.29 is 0 Å². The first-order chi connectivity index (χ1) is 5.31. The molecule has 0 bridgehead atoms. The van der Waals surface area contributed by atoms with Gasteiger partial charge in [-0.05, 0) is 38.2 Å². The average molecular weight is 172 g/mol. The van der Waals surface area contributed by atoms with Gasteiger partial charge in [-0.3, -0.25) is 0 Å². The molecule has 1 heteroatoms. The van der Waals surface area contributed by atoms with Crippen LogP contribution >= 0.6 is 11.8 Å². The second-order valence-electron chi connectivity index (χ2n) is 2.94. The number of hydrogen-bond donors (Lipinski definition) is 0. The second-order valence-corrected chi connectivity index (χ2v) is 3.92. The van der Waals surface area contributed by atoms with Gasteiger partial charge < -0.3 is 0 Å². The van der Waals surface area contributed by atoms with Crippen LogP contribution in [0.5, 0.6) is 0 Å². The Bertz CT molecular complexity index is 105. The van der Waals surface area contributed by atoms with Crippen molar-refractivity contribution in [3.05, 3.63) is 11.6 Å². The van der Waals surface area contributed by atoms with Crippen molar-refractivity contribution in [2.24, 2.45) is 0 Å². The van der Waals surface area contributed by atoms with Crippen LogP contribution < -0.4 is 0 Å². The highest BCUT2D eigenvalue weighted by Gasteiger charge is 1.88. The molecule has 11 heavy (non-hydrogen) atoms. The Balaban J connectivity index is 3.30. The van der Waals surface area contributed by atoms with Gasteiger partial charge in [0.15, 0.2) is 0 Å². The van der Waals surface area contributed by atoms with Gasteiger partial charge in [0.05, 0.1) is 0 Å². The highest BCUT2D eigenvalue weighted by molar-refractivity contribution is 7.98. The van der Waals surface area contributed by atoms with E-state index < -0.39 is 0 Å². The molecule has 0 N–H and O–H groups in total. The second kappa shape index (κ2) is 8.19. The van der Waals surface area contributed by atoms with E-state index in [2.05, 4.69) is 26.2 Å². The van der Waals surface area contributed by atoms with Crippen molar-refractivity contribution in [1.82, 2.24) is 0 Å². The molecule has 0 fully saturated rings. The van der Waals surface area contributed by atoms with Gasteiger partial charge in [-0.15, -0.1) is 0 Å². The summed E-state index contributed by atoms with van der Waals surface area (Å²) < 4.78 is 0. The molecular weight excluding hydrogens is 152 g/mol. The Hall–Kier alpha value is 0.0900. The summed E-state index contributed by atoms with van der Waals surface area (Å²) in [6.07, 6.45) is 9.75. The molecule has 0 aliphatic rings. The summed E-state index contributed by atoms with van der Waals surface area (Å²) >= 11 is 1.92. The number of rotatable bonds is 6. The van der Waals surface area contributed by atoms with E-state index in [0.717, 1.165) is 0 Å². The lowest BCUT2D eigenvalue weighted by atomic mass is 10.1. The van der Waals surface area contributed by atoms with E-state index >= 15 is 0 Å². The predicted octanol–water partition coefficient (Wildman–Crippen LogP) is 3.88. The van der Waals surface area contributed by atoms with Gasteiger partial charge in [0.2, 0.25) is 0 Å². The maximum atomic E-state index is 2.38. The fourth-order valence-corrected chi connectivity index (χ4v) is 1.33. The van der Waals surface area contributed by atoms with E-state index in [1.54, 1.807) is 5.57 Å². The topological polar surface area (TPSA) is 0 Å². The van der Waals surface area contributed by atoms with Gasteiger partial charge in [0.25, 0.3) is 0 Å². The summed E-state index contributed by atoms with van der Waals surface area (Å²) in [7, 11) is 0. The fraction of sp³-hybridized carbons (Fsp3) is 0.800. The molecule has 0 saturated carbocycles. The van der Waals surface area contributed by atoms with E-state index in [1.807, 2.05) is 11.8 Å². The lowest BCUT2D eigenvalue weighted by Crippen LogP contribution is -1.79. The summed E-state index contributed by atoms with van der Waals surface area (Å²) in [5.41, 5.74) is 1.57. The SMILES string of the molecule is CCCC/C(C)=C/CCSC. The third kappa shape index (κ3) is 7.99. The van der Waals surface area contributed by atoms with Gasteiger partial charge in [0, 0.05) is 0 Å². The van der Waals surface area contributed by atoms with E-state index in [9.17, 15) is 0 Å². The molecule has 0 aromatic heterocycles. The van der Waals surface area contributed by atoms with Crippen LogP contribution in [0.4, 0.5) is 0 Å². The molecular formula is C10H20S. The Morgan fingerprint density at radius 1 is 1.45 bits per heavy atom. The van der Waals surface area contributed by atoms with Crippen LogP contribution in [-0.4, -0.2) is 12.0 Å². The van der Waals surface area contributed by atoms with Crippen LogP contribution in [0.15, 0.2) is 11.6 Å². The van der Waals surface area contributed by atoms with Crippen molar-refractivity contribution in [3.63, 3.8) is 0 Å². The zero-order valence-electron chi connectivity index (χ0n) is 8.02. The minimum Gasteiger partial charge on any atom is -0.165 e. The summed E-state index contributed by atoms with van der Waals surface area (Å²) in [6.45, 7) is 4.49. The van der Waals surface area contributed by atoms with Crippen molar-refractivity contribution in [2.45, 2.75) is 39.5 Å². The van der Waals surface area contributed by atoms with Crippen molar-refractivity contribution in [3.8, 4) is 0 Å². The minimum absolute atomic E-state index is 1.25. The maximum Gasteiger partial charge on any atom is -0.00356 e. The first-order valence-corrected chi connectivity index (χ1v) is 5.85. The molecule has 0 aromatic carbocycles. The predicted molar refractivity (Wildman–Crippen MR) is 56.3 cm³/mol. The van der Waals surface area contributed by atoms with Gasteiger partial charge >= 0.3 is 0 Å². The number of hydrogen-bond acceptors (Lipinski definition) is 1. The van der Waals surface area contributed by atoms with E-state index in [1.165, 1.54) is 31.4 Å². The molecule has 0 atom stereocenters. The maximum absolute atomic E-state index is 2.38. The van der Waals surface area contributed by atoms with Crippen LogP contribution in [0, 0.1) is 0 Å². The first-order valence-electron chi connectivity index (χ1n) is 4.45. The summed E-state index contributed by atoms with van der Waals surface area (Å²) in [5, 5.41) is 0. The normalized spacial score (nSPS) is 12.1. The molecule has 0 aliphatic carbocycles. The molecule has 0 saturated heterocycles. The number of allylic oxidation sites excluding steroid dienone is 2. The zero-order chi connectivity index (χ0) is 8.53. The summed E-state index contributed by atoms with van der Waals surface area (Å²) in [6, 6.07) is 0. The largest absolute Gasteiger partial charge is 0.165 e. The Labute approximate surface area is 75.5 Å². The third-order valence-corrected chi connectivity index (χ3v) is 2.38. The standard InChI is InChI=1S/C10H20S/c1-4-5-7-10(2)8-6-9-11-3/h8H,4-7,9H2,1-3H3/b10-8+. The van der Waals surface area contributed by atoms with Crippen LogP contribution in [-0.2, 0) is 0 Å². The van der Waals surface area contributed by atoms with Crippen LogP contribution in [0.1, 0.15) is 39.5 Å². The van der Waals surface area contributed by atoms with Gasteiger partial charge in [-0.1, -0.05) is 25.0 Å². The first kappa shape index (κ1) is 11.1. The molecule has 0 rings (SSSR count). The smallest absolute Gasteiger partial charge is 0.00356 e. The minimum atomic E-state index is 1.25. The quantitative estimate of drug-likeness (QED) is 0.433. The molecule has 0 spiro atoms. The Morgan fingerprint density at radius 3 is 2.73 bits per heavy atom. The average Bonchev–Trinajstić information content (AvgIpc) is 2.01. The third-order valence-electron chi connectivity index (χ3n) is 1.74. The van der Waals surface area contributed by atoms with Crippen LogP contribution in [0.2, 0.25) is 0 Å². The zero-order valence-corrected chi connectivity index (χ0v) is 8.84. The summed E-state index contributed by atoms with van der Waals surface area (Å²) in [5.74, 6) is 1.27. The Kier molecular flexibility index (Phi) is 8.26. The van der Waals surface area contributed by atoms with E-state index in [-0.39, 0.29) is 0 Å². The highest BCUT2D eigenvalue weighted by atomic mass is 32.2. The van der Waals surface area contributed by atoms with Crippen molar-refractivity contribution >= 4 is 11.8 Å². The highest BCUT2D eigenvalue weighted by Crippen LogP contribution is 2.08. The molecule has 0 heterocycles. The monoisotopic (exact) mass is 172 g/mol. The van der Waals surface area contributed by atoms with E-state index in [0.29, 0.717) is 0 Å². The van der Waals surface area contributed by atoms with Crippen LogP contribution in [0.3, 0.4) is 0 Å². The lowest BCUT2D eigenvalue weighted by Gasteiger charge is -1.98. The van der Waals surface area contributed by atoms with Gasteiger partial charge in [-0.2, -0.15) is 11.8 Å². The summed E-state index contributed by atoms with van der Waals surface area (Å²) in [4.78, 5) is 0. The Morgan fingerprint density at radius 2 is 2.18 bits per heavy atom. The van der Waals surface area contributed by atoms with E-state index in [4.69, 9.17) is 0 Å². The lowest BCUT2D eigenvalue weighted by molar-refractivity contribution is 0.784. The number of unbranched alkanes of at least 4 members (excludes halogenated alkanes) is 1. The molecule has 0 unspecified atom stereocenters. The molecule has 0 aliphatic heterocycles. The molecule has 66 valence electrons. The molecule has 0 radical (unpaired) electrons. The molecule has 0 amide bonds. The molecule has 0 nitrogen and oxygen atoms in total. The van der Waals surface area contributed by atoms with Gasteiger partial charge in [-0.25, -0.2) is 0 Å². The van der Waals surface area contributed by atoms with Crippen molar-refractivity contribution in [2.75, 3.05) is 12.0 Å². The van der Waals surface area contributed by atoms with Gasteiger partial charge in [0.1, 0.15) is 0 Å². The van der Waals surface area contributed by atoms with Crippen LogP contribution in [0.25, 0.3) is 0 Å².